The topological polar surface area (TPSA) is 143 Å². The number of ketones is 1. The van der Waals surface area contributed by atoms with Gasteiger partial charge in [-0.15, -0.1) is 0 Å². The molecule has 1 aliphatic heterocycles. The van der Waals surface area contributed by atoms with Crippen LogP contribution in [0.4, 0.5) is 0 Å². The van der Waals surface area contributed by atoms with Crippen LogP contribution in [0.25, 0.3) is 0 Å². The minimum atomic E-state index is -1.17. The van der Waals surface area contributed by atoms with Gasteiger partial charge in [0.2, 0.25) is 17.6 Å². The molecule has 10 nitrogen and oxygen atoms in total. The highest BCUT2D eigenvalue weighted by molar-refractivity contribution is 9.10. The van der Waals surface area contributed by atoms with Gasteiger partial charge in [-0.2, -0.15) is 0 Å². The van der Waals surface area contributed by atoms with E-state index in [-0.39, 0.29) is 67.4 Å². The van der Waals surface area contributed by atoms with Gasteiger partial charge in [0.25, 0.3) is 5.91 Å². The molecule has 5 rings (SSSR count). The van der Waals surface area contributed by atoms with E-state index in [2.05, 4.69) is 51.8 Å². The van der Waals surface area contributed by atoms with E-state index in [1.807, 2.05) is 36.4 Å². The minimum absolute atomic E-state index is 0.0184. The van der Waals surface area contributed by atoms with E-state index in [4.69, 9.17) is 14.6 Å². The molecule has 1 heterocycles. The number of carbonyl (C=O) groups excluding carboxylic acids is 4. The summed E-state index contributed by atoms with van der Waals surface area (Å²) in [6, 6.07) is 13.3. The van der Waals surface area contributed by atoms with Crippen LogP contribution < -0.4 is 20.7 Å². The van der Waals surface area contributed by atoms with Gasteiger partial charge in [-0.25, -0.2) is 0 Å². The van der Waals surface area contributed by atoms with Crippen molar-refractivity contribution in [3.05, 3.63) is 87.4 Å². The Morgan fingerprint density at radius 3 is 2.54 bits per heavy atom. The molecule has 5 unspecified atom stereocenters. The molecule has 11 heteroatoms. The number of halogens is 1. The lowest BCUT2D eigenvalue weighted by atomic mass is 9.57. The number of ether oxygens (including phenoxy) is 2. The first-order chi connectivity index (χ1) is 23.0. The number of aliphatic hydroxyl groups excluding tert-OH is 1. The van der Waals surface area contributed by atoms with Crippen LogP contribution in [0.5, 0.6) is 5.75 Å². The van der Waals surface area contributed by atoms with E-state index >= 15 is 0 Å². The molecular formula is C37H44BrN3O7. The van der Waals surface area contributed by atoms with Gasteiger partial charge in [-0.3, -0.25) is 19.2 Å². The lowest BCUT2D eigenvalue weighted by Gasteiger charge is -2.54. The number of fused-ring (bicyclic) bond motifs is 2. The first-order valence-corrected chi connectivity index (χ1v) is 17.3. The van der Waals surface area contributed by atoms with Gasteiger partial charge >= 0.3 is 0 Å². The molecule has 3 aliphatic rings. The monoisotopic (exact) mass is 721 g/mol. The SMILES string of the molecule is COC12C=CC(=O)C3=CC(CCCC(=O)NCC(=O)NCCO)C(CC(C)C)C(c4cc(C(=O)NCc5ccc(Br)cc5)ccc4O1)C32. The van der Waals surface area contributed by atoms with Crippen LogP contribution in [-0.2, 0) is 25.7 Å². The molecule has 256 valence electrons. The summed E-state index contributed by atoms with van der Waals surface area (Å²) in [5.74, 6) is -1.64. The van der Waals surface area contributed by atoms with Gasteiger partial charge in [0.15, 0.2) is 5.78 Å². The molecule has 2 aliphatic carbocycles. The lowest BCUT2D eigenvalue weighted by Crippen LogP contribution is -2.56. The van der Waals surface area contributed by atoms with Crippen LogP contribution in [0.3, 0.4) is 0 Å². The van der Waals surface area contributed by atoms with Gasteiger partial charge in [-0.1, -0.05) is 48.0 Å². The maximum absolute atomic E-state index is 13.5. The third kappa shape index (κ3) is 7.90. The maximum Gasteiger partial charge on any atom is 0.251 e. The van der Waals surface area contributed by atoms with Crippen molar-refractivity contribution in [1.29, 1.82) is 0 Å². The number of hydrogen-bond acceptors (Lipinski definition) is 7. The standard InChI is InChI=1S/C37H44BrN3O7/c1-22(2)17-27-24(5-4-6-32(44)40-21-33(45)39-15-16-42)18-28-30(43)13-14-37(47-3)35(28)34(27)29-19-25(9-12-31(29)48-37)36(46)41-20-23-7-10-26(38)11-8-23/h7-14,18-19,22,24,27,34-35,42H,4-6,15-17,20-21H2,1-3H3,(H,39,45)(H,40,44)(H,41,46). The number of amides is 3. The molecule has 2 aromatic rings. The van der Waals surface area contributed by atoms with Gasteiger partial charge in [0.05, 0.1) is 19.1 Å². The number of allylic oxidation sites excluding steroid dienone is 2. The largest absolute Gasteiger partial charge is 0.458 e. The van der Waals surface area contributed by atoms with Crippen molar-refractivity contribution in [3.8, 4) is 5.75 Å². The fraction of sp³-hybridized carbons (Fsp3) is 0.459. The third-order valence-electron chi connectivity index (χ3n) is 9.43. The van der Waals surface area contributed by atoms with Gasteiger partial charge in [0.1, 0.15) is 5.75 Å². The predicted molar refractivity (Wildman–Crippen MR) is 184 cm³/mol. The molecule has 48 heavy (non-hydrogen) atoms. The zero-order chi connectivity index (χ0) is 34.4. The average Bonchev–Trinajstić information content (AvgIpc) is 3.08. The number of carbonyl (C=O) groups is 4. The normalized spacial score (nSPS) is 23.8. The molecule has 4 N–H and O–H groups in total. The van der Waals surface area contributed by atoms with Crippen molar-refractivity contribution in [2.24, 2.45) is 23.7 Å². The van der Waals surface area contributed by atoms with E-state index in [9.17, 15) is 19.2 Å². The van der Waals surface area contributed by atoms with Crippen LogP contribution in [0.1, 0.15) is 66.9 Å². The second-order valence-electron chi connectivity index (χ2n) is 13.1. The highest BCUT2D eigenvalue weighted by Gasteiger charge is 2.58. The summed E-state index contributed by atoms with van der Waals surface area (Å²) in [4.78, 5) is 51.3. The Morgan fingerprint density at radius 2 is 1.83 bits per heavy atom. The summed E-state index contributed by atoms with van der Waals surface area (Å²) in [6.07, 6.45) is 7.61. The number of rotatable bonds is 14. The van der Waals surface area contributed by atoms with Crippen molar-refractivity contribution in [2.45, 2.75) is 57.8 Å². The first-order valence-electron chi connectivity index (χ1n) is 16.6. The van der Waals surface area contributed by atoms with E-state index in [1.54, 1.807) is 19.3 Å². The zero-order valence-electron chi connectivity index (χ0n) is 27.6. The lowest BCUT2D eigenvalue weighted by molar-refractivity contribution is -0.180. The van der Waals surface area contributed by atoms with Crippen molar-refractivity contribution in [2.75, 3.05) is 26.8 Å². The molecule has 0 saturated carbocycles. The number of benzene rings is 2. The Labute approximate surface area is 289 Å². The molecule has 2 aromatic carbocycles. The smallest absolute Gasteiger partial charge is 0.251 e. The quantitative estimate of drug-likeness (QED) is 0.224. The van der Waals surface area contributed by atoms with Crippen LogP contribution in [0.2, 0.25) is 0 Å². The Bertz CT molecular complexity index is 1590. The molecule has 0 aromatic heterocycles. The molecule has 0 bridgehead atoms. The summed E-state index contributed by atoms with van der Waals surface area (Å²) < 4.78 is 13.6. The molecule has 0 spiro atoms. The molecular weight excluding hydrogens is 678 g/mol. The number of nitrogens with one attached hydrogen (secondary N) is 3. The van der Waals surface area contributed by atoms with Crippen molar-refractivity contribution < 1.29 is 33.8 Å². The van der Waals surface area contributed by atoms with Crippen LogP contribution in [0.15, 0.2) is 70.7 Å². The molecule has 3 amide bonds. The molecule has 5 atom stereocenters. The van der Waals surface area contributed by atoms with E-state index < -0.39 is 11.7 Å². The highest BCUT2D eigenvalue weighted by Crippen LogP contribution is 2.59. The van der Waals surface area contributed by atoms with Crippen LogP contribution in [-0.4, -0.2) is 61.2 Å². The summed E-state index contributed by atoms with van der Waals surface area (Å²) in [5.41, 5.74) is 2.99. The molecule has 0 fully saturated rings. The summed E-state index contributed by atoms with van der Waals surface area (Å²) in [7, 11) is 1.59. The van der Waals surface area contributed by atoms with Crippen molar-refractivity contribution in [1.82, 2.24) is 16.0 Å². The maximum atomic E-state index is 13.5. The average molecular weight is 723 g/mol. The predicted octanol–water partition coefficient (Wildman–Crippen LogP) is 4.57. The summed E-state index contributed by atoms with van der Waals surface area (Å²) >= 11 is 3.44. The Balaban J connectivity index is 1.42. The Morgan fingerprint density at radius 1 is 1.06 bits per heavy atom. The number of hydrogen-bond donors (Lipinski definition) is 4. The fourth-order valence-electron chi connectivity index (χ4n) is 7.29. The third-order valence-corrected chi connectivity index (χ3v) is 9.96. The highest BCUT2D eigenvalue weighted by atomic mass is 79.9. The molecule has 0 radical (unpaired) electrons. The summed E-state index contributed by atoms with van der Waals surface area (Å²) in [5, 5.41) is 17.1. The zero-order valence-corrected chi connectivity index (χ0v) is 29.2. The fourth-order valence-corrected chi connectivity index (χ4v) is 7.56. The van der Waals surface area contributed by atoms with Gasteiger partial charge in [0, 0.05) is 48.1 Å². The van der Waals surface area contributed by atoms with Gasteiger partial charge < -0.3 is 30.5 Å². The van der Waals surface area contributed by atoms with E-state index in [0.29, 0.717) is 42.2 Å². The summed E-state index contributed by atoms with van der Waals surface area (Å²) in [6.45, 7) is 4.54. The van der Waals surface area contributed by atoms with Gasteiger partial charge in [-0.05, 0) is 90.6 Å². The number of aliphatic hydroxyl groups is 1. The van der Waals surface area contributed by atoms with Crippen LogP contribution >= 0.6 is 15.9 Å². The first kappa shape index (κ1) is 35.5. The van der Waals surface area contributed by atoms with Crippen molar-refractivity contribution in [3.63, 3.8) is 0 Å². The number of methoxy groups -OCH3 is 1. The Kier molecular flexibility index (Phi) is 11.5. The van der Waals surface area contributed by atoms with Crippen molar-refractivity contribution >= 4 is 39.4 Å². The Hall–Kier alpha value is -3.80. The molecule has 0 saturated heterocycles. The van der Waals surface area contributed by atoms with E-state index in [0.717, 1.165) is 22.0 Å². The second kappa shape index (κ2) is 15.6. The minimum Gasteiger partial charge on any atom is -0.458 e. The van der Waals surface area contributed by atoms with E-state index in [1.165, 1.54) is 6.08 Å². The second-order valence-corrected chi connectivity index (χ2v) is 14.0. The van der Waals surface area contributed by atoms with Crippen LogP contribution in [0, 0.1) is 23.7 Å².